The van der Waals surface area contributed by atoms with Crippen molar-refractivity contribution >= 4 is 0 Å². The topological polar surface area (TPSA) is 53.0 Å². The van der Waals surface area contributed by atoms with Gasteiger partial charge in [-0.25, -0.2) is 0 Å². The molecule has 0 aromatic heterocycles. The summed E-state index contributed by atoms with van der Waals surface area (Å²) >= 11 is 0. The van der Waals surface area contributed by atoms with Crippen LogP contribution in [0.2, 0.25) is 0 Å². The summed E-state index contributed by atoms with van der Waals surface area (Å²) in [6, 6.07) is 10.1. The van der Waals surface area contributed by atoms with Gasteiger partial charge in [-0.2, -0.15) is 5.26 Å². The van der Waals surface area contributed by atoms with E-state index < -0.39 is 0 Å². The van der Waals surface area contributed by atoms with Crippen LogP contribution in [0, 0.1) is 11.3 Å². The normalized spacial score (nSPS) is 12.5. The van der Waals surface area contributed by atoms with Crippen LogP contribution in [0.4, 0.5) is 0 Å². The molecular formula is C12H17N3. The molecule has 0 amide bonds. The molecule has 0 aliphatic heterocycles. The molecule has 1 atom stereocenters. The first-order valence-electron chi connectivity index (χ1n) is 5.03. The molecule has 0 aliphatic carbocycles. The average Bonchev–Trinajstić information content (AvgIpc) is 2.26. The molecule has 15 heavy (non-hydrogen) atoms. The van der Waals surface area contributed by atoms with Crippen LogP contribution in [0.15, 0.2) is 24.3 Å². The molecule has 3 heteroatoms. The van der Waals surface area contributed by atoms with Crippen molar-refractivity contribution in [2.75, 3.05) is 20.6 Å². The molecule has 0 heterocycles. The highest BCUT2D eigenvalue weighted by Gasteiger charge is 2.09. The van der Waals surface area contributed by atoms with Gasteiger partial charge in [-0.3, -0.25) is 0 Å². The first kappa shape index (κ1) is 11.7. The van der Waals surface area contributed by atoms with Crippen LogP contribution < -0.4 is 5.73 Å². The Morgan fingerprint density at radius 1 is 1.33 bits per heavy atom. The van der Waals surface area contributed by atoms with Gasteiger partial charge in [-0.15, -0.1) is 0 Å². The van der Waals surface area contributed by atoms with Crippen molar-refractivity contribution in [3.63, 3.8) is 0 Å². The fraction of sp³-hybridized carbons (Fsp3) is 0.417. The third-order valence-corrected chi connectivity index (χ3v) is 2.56. The molecular weight excluding hydrogens is 186 g/mol. The lowest BCUT2D eigenvalue weighted by Crippen LogP contribution is -2.36. The highest BCUT2D eigenvalue weighted by Crippen LogP contribution is 2.08. The second-order valence-electron chi connectivity index (χ2n) is 3.87. The van der Waals surface area contributed by atoms with Gasteiger partial charge < -0.3 is 10.6 Å². The van der Waals surface area contributed by atoms with Crippen molar-refractivity contribution < 1.29 is 0 Å². The summed E-state index contributed by atoms with van der Waals surface area (Å²) in [5, 5.41) is 8.67. The zero-order valence-corrected chi connectivity index (χ0v) is 9.27. The lowest BCUT2D eigenvalue weighted by atomic mass is 10.0. The van der Waals surface area contributed by atoms with E-state index in [1.54, 1.807) is 0 Å². The van der Waals surface area contributed by atoms with Crippen LogP contribution in [0.1, 0.15) is 11.1 Å². The molecule has 1 aromatic rings. The summed E-state index contributed by atoms with van der Waals surface area (Å²) in [7, 11) is 4.06. The first-order valence-corrected chi connectivity index (χ1v) is 5.03. The van der Waals surface area contributed by atoms with Gasteiger partial charge in [0.1, 0.15) is 0 Å². The Balaban J connectivity index is 2.68. The number of benzene rings is 1. The predicted octanol–water partition coefficient (Wildman–Crippen LogP) is 0.990. The smallest absolute Gasteiger partial charge is 0.0991 e. The van der Waals surface area contributed by atoms with E-state index in [-0.39, 0.29) is 0 Å². The summed E-state index contributed by atoms with van der Waals surface area (Å²) in [4.78, 5) is 2.12. The minimum absolute atomic E-state index is 0.359. The monoisotopic (exact) mass is 203 g/mol. The number of hydrogen-bond donors (Lipinski definition) is 1. The molecule has 0 saturated carbocycles. The first-order chi connectivity index (χ1) is 7.17. The van der Waals surface area contributed by atoms with Crippen molar-refractivity contribution in [3.8, 4) is 6.07 Å². The highest BCUT2D eigenvalue weighted by molar-refractivity contribution is 5.31. The van der Waals surface area contributed by atoms with E-state index in [9.17, 15) is 0 Å². The lowest BCUT2D eigenvalue weighted by Gasteiger charge is -2.22. The number of nitrogens with zero attached hydrogens (tertiary/aromatic N) is 2. The third-order valence-electron chi connectivity index (χ3n) is 2.56. The molecule has 3 nitrogen and oxygen atoms in total. The van der Waals surface area contributed by atoms with Gasteiger partial charge in [-0.05, 0) is 38.2 Å². The maximum absolute atomic E-state index is 8.67. The Morgan fingerprint density at radius 2 is 1.93 bits per heavy atom. The Morgan fingerprint density at radius 3 is 2.33 bits per heavy atom. The number of rotatable bonds is 4. The number of hydrogen-bond acceptors (Lipinski definition) is 3. The maximum Gasteiger partial charge on any atom is 0.0991 e. The van der Waals surface area contributed by atoms with Crippen molar-refractivity contribution in [1.29, 1.82) is 5.26 Å². The van der Waals surface area contributed by atoms with Crippen molar-refractivity contribution in [2.24, 2.45) is 5.73 Å². The van der Waals surface area contributed by atoms with Crippen LogP contribution in [0.3, 0.4) is 0 Å². The predicted molar refractivity (Wildman–Crippen MR) is 61.4 cm³/mol. The van der Waals surface area contributed by atoms with Crippen LogP contribution in [-0.2, 0) is 6.42 Å². The summed E-state index contributed by atoms with van der Waals surface area (Å²) in [5.41, 5.74) is 7.61. The Hall–Kier alpha value is -1.37. The molecule has 0 radical (unpaired) electrons. The van der Waals surface area contributed by atoms with Crippen LogP contribution in [-0.4, -0.2) is 31.6 Å². The largest absolute Gasteiger partial charge is 0.329 e. The standard InChI is InChI=1S/C12H17N3/c1-15(2)12(9-14)7-10-3-5-11(8-13)6-4-10/h3-6,12H,7,9,14H2,1-2H3/t12-/m0/s1. The minimum Gasteiger partial charge on any atom is -0.329 e. The van der Waals surface area contributed by atoms with E-state index in [1.165, 1.54) is 5.56 Å². The summed E-state index contributed by atoms with van der Waals surface area (Å²) in [6.45, 7) is 0.646. The molecule has 0 fully saturated rings. The van der Waals surface area contributed by atoms with Crippen molar-refractivity contribution in [1.82, 2.24) is 4.90 Å². The molecule has 80 valence electrons. The fourth-order valence-corrected chi connectivity index (χ4v) is 1.46. The van der Waals surface area contributed by atoms with Gasteiger partial charge in [0.2, 0.25) is 0 Å². The highest BCUT2D eigenvalue weighted by atomic mass is 15.1. The molecule has 0 saturated heterocycles. The Kier molecular flexibility index (Phi) is 4.29. The number of nitrogens with two attached hydrogens (primary N) is 1. The second-order valence-corrected chi connectivity index (χ2v) is 3.87. The van der Waals surface area contributed by atoms with Crippen LogP contribution in [0.5, 0.6) is 0 Å². The summed E-state index contributed by atoms with van der Waals surface area (Å²) < 4.78 is 0. The summed E-state index contributed by atoms with van der Waals surface area (Å²) in [5.74, 6) is 0. The number of likely N-dealkylation sites (N-methyl/N-ethyl adjacent to an activating group) is 1. The van der Waals surface area contributed by atoms with Gasteiger partial charge in [0, 0.05) is 12.6 Å². The summed E-state index contributed by atoms with van der Waals surface area (Å²) in [6.07, 6.45) is 0.926. The molecule has 2 N–H and O–H groups in total. The van der Waals surface area contributed by atoms with Gasteiger partial charge in [0.05, 0.1) is 11.6 Å². The van der Waals surface area contributed by atoms with Gasteiger partial charge in [0.15, 0.2) is 0 Å². The van der Waals surface area contributed by atoms with E-state index in [0.717, 1.165) is 6.42 Å². The third kappa shape index (κ3) is 3.35. The zero-order chi connectivity index (χ0) is 11.3. The Bertz CT molecular complexity index is 335. The Labute approximate surface area is 91.1 Å². The minimum atomic E-state index is 0.359. The van der Waals surface area contributed by atoms with Gasteiger partial charge >= 0.3 is 0 Å². The molecule has 0 aliphatic rings. The van der Waals surface area contributed by atoms with Crippen molar-refractivity contribution in [2.45, 2.75) is 12.5 Å². The van der Waals surface area contributed by atoms with E-state index in [4.69, 9.17) is 11.0 Å². The zero-order valence-electron chi connectivity index (χ0n) is 9.27. The lowest BCUT2D eigenvalue weighted by molar-refractivity contribution is 0.298. The SMILES string of the molecule is CN(C)[C@H](CN)Cc1ccc(C#N)cc1. The molecule has 1 rings (SSSR count). The fourth-order valence-electron chi connectivity index (χ4n) is 1.46. The maximum atomic E-state index is 8.67. The van der Waals surface area contributed by atoms with E-state index in [0.29, 0.717) is 18.2 Å². The van der Waals surface area contributed by atoms with E-state index >= 15 is 0 Å². The molecule has 0 bridgehead atoms. The van der Waals surface area contributed by atoms with E-state index in [1.807, 2.05) is 38.4 Å². The second kappa shape index (κ2) is 5.50. The van der Waals surface area contributed by atoms with Crippen molar-refractivity contribution in [3.05, 3.63) is 35.4 Å². The van der Waals surface area contributed by atoms with Gasteiger partial charge in [0.25, 0.3) is 0 Å². The van der Waals surface area contributed by atoms with E-state index in [2.05, 4.69) is 11.0 Å². The molecule has 0 unspecified atom stereocenters. The molecule has 1 aromatic carbocycles. The average molecular weight is 203 g/mol. The quantitative estimate of drug-likeness (QED) is 0.794. The number of nitriles is 1. The molecule has 0 spiro atoms. The van der Waals surface area contributed by atoms with Gasteiger partial charge in [-0.1, -0.05) is 12.1 Å². The van der Waals surface area contributed by atoms with Crippen LogP contribution >= 0.6 is 0 Å². The van der Waals surface area contributed by atoms with Crippen LogP contribution in [0.25, 0.3) is 0 Å².